The maximum atomic E-state index is 11.3. The van der Waals surface area contributed by atoms with E-state index in [1.165, 1.54) is 6.07 Å². The number of phenolic OH excluding ortho intramolecular Hbond substituents is 5. The van der Waals surface area contributed by atoms with E-state index in [4.69, 9.17) is 0 Å². The van der Waals surface area contributed by atoms with Gasteiger partial charge >= 0.3 is 0 Å². The Labute approximate surface area is 220 Å². The molecule has 0 radical (unpaired) electrons. The minimum absolute atomic E-state index is 0.00791. The minimum Gasteiger partial charge on any atom is -0.508 e. The van der Waals surface area contributed by atoms with Crippen LogP contribution in [-0.4, -0.2) is 49.6 Å². The van der Waals surface area contributed by atoms with Crippen LogP contribution in [0.1, 0.15) is 27.8 Å². The Bertz CT molecular complexity index is 1660. The average molecular weight is 506 g/mol. The number of rotatable bonds is 1. The predicted octanol–water partition coefficient (Wildman–Crippen LogP) is 5.05. The van der Waals surface area contributed by atoms with Gasteiger partial charge in [0.1, 0.15) is 28.7 Å². The van der Waals surface area contributed by atoms with Crippen LogP contribution >= 0.6 is 0 Å². The number of phenols is 5. The molecule has 0 saturated carbocycles. The van der Waals surface area contributed by atoms with Crippen molar-refractivity contribution in [2.75, 3.05) is 13.1 Å². The summed E-state index contributed by atoms with van der Waals surface area (Å²) < 4.78 is 0. The van der Waals surface area contributed by atoms with E-state index in [1.54, 1.807) is 30.3 Å². The van der Waals surface area contributed by atoms with Gasteiger partial charge in [0.25, 0.3) is 0 Å². The summed E-state index contributed by atoms with van der Waals surface area (Å²) in [6, 6.07) is 21.1. The van der Waals surface area contributed by atoms with Gasteiger partial charge in [-0.05, 0) is 88.7 Å². The van der Waals surface area contributed by atoms with Crippen molar-refractivity contribution in [1.29, 1.82) is 0 Å². The molecule has 3 aliphatic heterocycles. The van der Waals surface area contributed by atoms with Gasteiger partial charge in [-0.25, -0.2) is 0 Å². The number of benzene rings is 4. The fourth-order valence-electron chi connectivity index (χ4n) is 6.93. The van der Waals surface area contributed by atoms with Crippen molar-refractivity contribution >= 4 is 5.57 Å². The van der Waals surface area contributed by atoms with Crippen LogP contribution < -0.4 is 0 Å². The molecule has 3 atom stereocenters. The molecule has 3 heterocycles. The zero-order valence-corrected chi connectivity index (χ0v) is 20.6. The molecular weight excluding hydrogens is 478 g/mol. The molecule has 6 heteroatoms. The molecule has 38 heavy (non-hydrogen) atoms. The van der Waals surface area contributed by atoms with Crippen molar-refractivity contribution < 1.29 is 25.5 Å². The third kappa shape index (κ3) is 3.23. The first-order valence-corrected chi connectivity index (χ1v) is 12.8. The lowest BCUT2D eigenvalue weighted by molar-refractivity contribution is 0.176. The summed E-state index contributed by atoms with van der Waals surface area (Å²) in [4.78, 5) is 2.39. The monoisotopic (exact) mass is 505 g/mol. The molecule has 4 bridgehead atoms. The van der Waals surface area contributed by atoms with E-state index in [0.29, 0.717) is 37.1 Å². The van der Waals surface area contributed by atoms with Crippen LogP contribution in [0.3, 0.4) is 0 Å². The number of aromatic hydroxyl groups is 5. The Hall–Kier alpha value is -4.42. The summed E-state index contributed by atoms with van der Waals surface area (Å²) in [6.07, 6.45) is 3.47. The highest BCUT2D eigenvalue weighted by Gasteiger charge is 2.53. The standard InChI is InChI=1S/C32H27NO5/c34-22-3-1-2-21(13-22)32-16-20-17-33(30(32)12-19-11-24(36)15-29(38)31(19)32)9-8-18-4-6-26(28(37)10-18)25-7-5-23(35)14-27(20)25/h1-7,10-11,13-16,30,34-38H,8-9,12,17H2/t30-,32+/m0/s1. The summed E-state index contributed by atoms with van der Waals surface area (Å²) in [5.74, 6) is 0.473. The van der Waals surface area contributed by atoms with Crippen LogP contribution in [0.2, 0.25) is 0 Å². The van der Waals surface area contributed by atoms with Gasteiger partial charge < -0.3 is 25.5 Å². The number of hydrogen-bond acceptors (Lipinski definition) is 6. The molecule has 0 amide bonds. The van der Waals surface area contributed by atoms with Gasteiger partial charge in [-0.2, -0.15) is 0 Å². The maximum absolute atomic E-state index is 11.3. The summed E-state index contributed by atoms with van der Waals surface area (Å²) in [5, 5.41) is 53.7. The van der Waals surface area contributed by atoms with Crippen LogP contribution in [0.5, 0.6) is 28.7 Å². The van der Waals surface area contributed by atoms with E-state index in [1.807, 2.05) is 36.4 Å². The molecule has 4 aromatic rings. The second-order valence-corrected chi connectivity index (χ2v) is 10.6. The van der Waals surface area contributed by atoms with Crippen molar-refractivity contribution in [1.82, 2.24) is 4.90 Å². The normalized spacial score (nSPS) is 23.1. The van der Waals surface area contributed by atoms with Crippen molar-refractivity contribution in [3.8, 4) is 39.9 Å². The third-order valence-corrected chi connectivity index (χ3v) is 8.47. The molecule has 190 valence electrons. The zero-order valence-electron chi connectivity index (χ0n) is 20.6. The van der Waals surface area contributed by atoms with E-state index in [-0.39, 0.29) is 34.8 Å². The Morgan fingerprint density at radius 1 is 0.711 bits per heavy atom. The Morgan fingerprint density at radius 3 is 2.34 bits per heavy atom. The molecule has 5 N–H and O–H groups in total. The smallest absolute Gasteiger partial charge is 0.124 e. The lowest BCUT2D eigenvalue weighted by Gasteiger charge is -2.46. The molecule has 4 aromatic carbocycles. The summed E-state index contributed by atoms with van der Waals surface area (Å²) in [7, 11) is 0. The summed E-state index contributed by atoms with van der Waals surface area (Å²) in [5.41, 5.74) is 5.84. The lowest BCUT2D eigenvalue weighted by atomic mass is 9.68. The van der Waals surface area contributed by atoms with Crippen LogP contribution in [0.25, 0.3) is 16.7 Å². The SMILES string of the molecule is Oc1cccc([C@]23C=C4CN(CCc5ccc(c(O)c5)-c5ccc(O)cc54)[C@H]2Cc2cc(O)cc(O)c23)c1. The second-order valence-electron chi connectivity index (χ2n) is 10.6. The van der Waals surface area contributed by atoms with E-state index < -0.39 is 5.41 Å². The first kappa shape index (κ1) is 22.8. The van der Waals surface area contributed by atoms with E-state index in [0.717, 1.165) is 33.4 Å². The quantitative estimate of drug-likeness (QED) is 0.248. The van der Waals surface area contributed by atoms with E-state index in [2.05, 4.69) is 11.0 Å². The lowest BCUT2D eigenvalue weighted by Crippen LogP contribution is -2.52. The van der Waals surface area contributed by atoms with Gasteiger partial charge in [0.2, 0.25) is 0 Å². The molecule has 6 nitrogen and oxygen atoms in total. The number of nitrogens with zero attached hydrogens (tertiary/aromatic N) is 1. The predicted molar refractivity (Wildman–Crippen MR) is 145 cm³/mol. The van der Waals surface area contributed by atoms with Crippen molar-refractivity contribution in [3.05, 3.63) is 107 Å². The van der Waals surface area contributed by atoms with Crippen molar-refractivity contribution in [2.45, 2.75) is 24.3 Å². The highest BCUT2D eigenvalue weighted by molar-refractivity contribution is 5.87. The fraction of sp³-hybridized carbons (Fsp3) is 0.188. The largest absolute Gasteiger partial charge is 0.508 e. The first-order valence-electron chi connectivity index (χ1n) is 12.8. The number of fused-ring (bicyclic) bond motifs is 6. The van der Waals surface area contributed by atoms with Gasteiger partial charge in [0.05, 0.1) is 5.41 Å². The highest BCUT2D eigenvalue weighted by Crippen LogP contribution is 2.56. The average Bonchev–Trinajstić information content (AvgIpc) is 3.21. The van der Waals surface area contributed by atoms with Gasteiger partial charge in [-0.3, -0.25) is 4.90 Å². The Morgan fingerprint density at radius 2 is 1.53 bits per heavy atom. The second kappa shape index (κ2) is 8.04. The minimum atomic E-state index is -0.826. The maximum Gasteiger partial charge on any atom is 0.124 e. The molecular formula is C32H27NO5. The van der Waals surface area contributed by atoms with Crippen LogP contribution in [0.15, 0.2) is 78.9 Å². The number of hydrogen-bond donors (Lipinski definition) is 5. The molecule has 4 aliphatic rings. The third-order valence-electron chi connectivity index (χ3n) is 8.47. The fourth-order valence-corrected chi connectivity index (χ4v) is 6.93. The van der Waals surface area contributed by atoms with Crippen LogP contribution in [0.4, 0.5) is 0 Å². The first-order chi connectivity index (χ1) is 18.3. The van der Waals surface area contributed by atoms with Gasteiger partial charge in [-0.1, -0.05) is 30.3 Å². The van der Waals surface area contributed by atoms with Crippen molar-refractivity contribution in [3.63, 3.8) is 0 Å². The Balaban J connectivity index is 1.58. The molecule has 0 saturated heterocycles. The Kier molecular flexibility index (Phi) is 4.81. The topological polar surface area (TPSA) is 104 Å². The molecule has 0 spiro atoms. The van der Waals surface area contributed by atoms with Crippen LogP contribution in [0, 0.1) is 0 Å². The van der Waals surface area contributed by atoms with Gasteiger partial charge in [-0.15, -0.1) is 0 Å². The summed E-state index contributed by atoms with van der Waals surface area (Å²) in [6.45, 7) is 1.29. The zero-order chi connectivity index (χ0) is 26.2. The van der Waals surface area contributed by atoms with Gasteiger partial charge in [0, 0.05) is 36.3 Å². The molecule has 0 fully saturated rings. The van der Waals surface area contributed by atoms with Crippen LogP contribution in [-0.2, 0) is 18.3 Å². The molecule has 1 aliphatic carbocycles. The molecule has 8 rings (SSSR count). The molecule has 0 aromatic heterocycles. The highest BCUT2D eigenvalue weighted by atomic mass is 16.3. The molecule has 1 unspecified atom stereocenters. The van der Waals surface area contributed by atoms with Gasteiger partial charge in [0.15, 0.2) is 0 Å². The van der Waals surface area contributed by atoms with Crippen molar-refractivity contribution in [2.24, 2.45) is 0 Å². The summed E-state index contributed by atoms with van der Waals surface area (Å²) >= 11 is 0. The van der Waals surface area contributed by atoms with E-state index in [9.17, 15) is 25.5 Å². The van der Waals surface area contributed by atoms with E-state index >= 15 is 0 Å².